The molecule has 0 radical (unpaired) electrons. The molecule has 7 heteroatoms. The first kappa shape index (κ1) is 15.1. The van der Waals surface area contributed by atoms with E-state index in [0.29, 0.717) is 23.3 Å². The van der Waals surface area contributed by atoms with Crippen LogP contribution in [-0.2, 0) is 6.54 Å². The Bertz CT molecular complexity index is 1070. The molecule has 0 atom stereocenters. The predicted octanol–water partition coefficient (Wildman–Crippen LogP) is 2.36. The Kier molecular flexibility index (Phi) is 3.75. The van der Waals surface area contributed by atoms with Crippen molar-refractivity contribution >= 4 is 11.0 Å². The van der Waals surface area contributed by atoms with E-state index in [4.69, 9.17) is 10.5 Å². The zero-order valence-corrected chi connectivity index (χ0v) is 13.2. The van der Waals surface area contributed by atoms with E-state index >= 15 is 0 Å². The van der Waals surface area contributed by atoms with Gasteiger partial charge in [0.1, 0.15) is 11.1 Å². The van der Waals surface area contributed by atoms with Crippen molar-refractivity contribution in [1.29, 1.82) is 0 Å². The van der Waals surface area contributed by atoms with Gasteiger partial charge < -0.3 is 10.5 Å². The number of benzene rings is 2. The number of nitrogens with two attached hydrogens (primary N) is 1. The molecule has 124 valence electrons. The lowest BCUT2D eigenvalue weighted by Gasteiger charge is -2.06. The van der Waals surface area contributed by atoms with E-state index in [0.717, 1.165) is 11.3 Å². The van der Waals surface area contributed by atoms with Gasteiger partial charge in [0.15, 0.2) is 5.65 Å². The number of hydrogen-bond acceptors (Lipinski definition) is 5. The summed E-state index contributed by atoms with van der Waals surface area (Å²) >= 11 is 0. The number of H-pyrrole nitrogens is 1. The first-order valence-corrected chi connectivity index (χ1v) is 7.75. The van der Waals surface area contributed by atoms with Crippen molar-refractivity contribution in [3.8, 4) is 17.4 Å². The molecule has 0 fully saturated rings. The average molecular weight is 333 g/mol. The molecule has 0 saturated heterocycles. The van der Waals surface area contributed by atoms with E-state index in [1.165, 1.54) is 6.20 Å². The molecule has 2 aromatic heterocycles. The third kappa shape index (κ3) is 2.88. The molecule has 2 heterocycles. The Morgan fingerprint density at radius 3 is 2.56 bits per heavy atom. The molecule has 4 rings (SSSR count). The van der Waals surface area contributed by atoms with Crippen LogP contribution in [0.25, 0.3) is 16.7 Å². The number of fused-ring (bicyclic) bond motifs is 1. The van der Waals surface area contributed by atoms with Crippen LogP contribution in [0.15, 0.2) is 65.6 Å². The minimum absolute atomic E-state index is 0.107. The molecular weight excluding hydrogens is 318 g/mol. The summed E-state index contributed by atoms with van der Waals surface area (Å²) in [7, 11) is 0. The van der Waals surface area contributed by atoms with E-state index in [9.17, 15) is 4.79 Å². The second-order valence-electron chi connectivity index (χ2n) is 5.45. The molecule has 0 bridgehead atoms. The molecular formula is C18H15N5O2. The predicted molar refractivity (Wildman–Crippen MR) is 93.9 cm³/mol. The fraction of sp³-hybridized carbons (Fsp3) is 0.0556. The first-order chi connectivity index (χ1) is 12.2. The topological polar surface area (TPSA) is 98.8 Å². The quantitative estimate of drug-likeness (QED) is 0.597. The van der Waals surface area contributed by atoms with E-state index in [-0.39, 0.29) is 11.6 Å². The van der Waals surface area contributed by atoms with Crippen molar-refractivity contribution < 1.29 is 4.74 Å². The van der Waals surface area contributed by atoms with Crippen molar-refractivity contribution in [3.63, 3.8) is 0 Å². The smallest absolute Gasteiger partial charge is 0.304 e. The van der Waals surface area contributed by atoms with Gasteiger partial charge in [-0.2, -0.15) is 10.1 Å². The maximum absolute atomic E-state index is 12.3. The first-order valence-electron chi connectivity index (χ1n) is 7.75. The lowest BCUT2D eigenvalue weighted by molar-refractivity contribution is 0.442. The van der Waals surface area contributed by atoms with Crippen molar-refractivity contribution in [2.45, 2.75) is 6.54 Å². The van der Waals surface area contributed by atoms with Gasteiger partial charge in [0.2, 0.25) is 0 Å². The van der Waals surface area contributed by atoms with E-state index in [1.54, 1.807) is 16.8 Å². The highest BCUT2D eigenvalue weighted by molar-refractivity contribution is 5.75. The fourth-order valence-electron chi connectivity index (χ4n) is 2.51. The van der Waals surface area contributed by atoms with Crippen LogP contribution in [0.2, 0.25) is 0 Å². The molecule has 25 heavy (non-hydrogen) atoms. The molecule has 2 aromatic carbocycles. The van der Waals surface area contributed by atoms with Gasteiger partial charge in [0, 0.05) is 6.54 Å². The van der Waals surface area contributed by atoms with Crippen LogP contribution >= 0.6 is 0 Å². The monoisotopic (exact) mass is 333 g/mol. The van der Waals surface area contributed by atoms with Gasteiger partial charge >= 0.3 is 6.01 Å². The third-order valence-corrected chi connectivity index (χ3v) is 3.79. The average Bonchev–Trinajstić information content (AvgIpc) is 3.07. The minimum Gasteiger partial charge on any atom is -0.426 e. The molecule has 0 saturated carbocycles. The second-order valence-corrected chi connectivity index (χ2v) is 5.45. The molecule has 0 aliphatic heterocycles. The normalized spacial score (nSPS) is 10.9. The highest BCUT2D eigenvalue weighted by atomic mass is 16.5. The van der Waals surface area contributed by atoms with Gasteiger partial charge in [-0.3, -0.25) is 9.78 Å². The van der Waals surface area contributed by atoms with Crippen LogP contribution in [0.5, 0.6) is 11.8 Å². The number of para-hydroxylation sites is 1. The number of ether oxygens (including phenoxy) is 1. The highest BCUT2D eigenvalue weighted by Gasteiger charge is 2.12. The zero-order chi connectivity index (χ0) is 17.2. The Labute approximate surface area is 142 Å². The largest absolute Gasteiger partial charge is 0.426 e. The Morgan fingerprint density at radius 2 is 1.84 bits per heavy atom. The summed E-state index contributed by atoms with van der Waals surface area (Å²) in [4.78, 5) is 19.3. The molecule has 0 unspecified atom stereocenters. The number of nitrogens with zero attached hydrogens (tertiary/aromatic N) is 3. The maximum atomic E-state index is 12.3. The Hall–Kier alpha value is -3.45. The molecule has 4 aromatic rings. The van der Waals surface area contributed by atoms with Gasteiger partial charge in [-0.15, -0.1) is 0 Å². The SMILES string of the molecule is NCc1ccc(Oc2nc3c(cnn3-c3ccccc3)c(=O)[nH]2)cc1. The number of hydrogen-bond donors (Lipinski definition) is 2. The van der Waals surface area contributed by atoms with Crippen LogP contribution in [0.3, 0.4) is 0 Å². The van der Waals surface area contributed by atoms with Gasteiger partial charge in [0.05, 0.1) is 11.9 Å². The molecule has 0 amide bonds. The molecule has 0 spiro atoms. The maximum Gasteiger partial charge on any atom is 0.304 e. The van der Waals surface area contributed by atoms with Crippen LogP contribution in [0, 0.1) is 0 Å². The van der Waals surface area contributed by atoms with Crippen LogP contribution in [0.4, 0.5) is 0 Å². The molecule has 3 N–H and O–H groups in total. The zero-order valence-electron chi connectivity index (χ0n) is 13.2. The lowest BCUT2D eigenvalue weighted by atomic mass is 10.2. The summed E-state index contributed by atoms with van der Waals surface area (Å²) in [6, 6.07) is 16.9. The lowest BCUT2D eigenvalue weighted by Crippen LogP contribution is -2.10. The van der Waals surface area contributed by atoms with Crippen molar-refractivity contribution in [2.75, 3.05) is 0 Å². The highest BCUT2D eigenvalue weighted by Crippen LogP contribution is 2.20. The van der Waals surface area contributed by atoms with E-state index in [1.807, 2.05) is 42.5 Å². The van der Waals surface area contributed by atoms with Gasteiger partial charge in [-0.25, -0.2) is 4.68 Å². The standard InChI is InChI=1S/C18H15N5O2/c19-10-12-6-8-14(9-7-12)25-18-21-16-15(17(24)22-18)11-20-23(16)13-4-2-1-3-5-13/h1-9,11H,10,19H2,(H,21,22,24). The van der Waals surface area contributed by atoms with E-state index in [2.05, 4.69) is 15.1 Å². The summed E-state index contributed by atoms with van der Waals surface area (Å²) in [5.41, 5.74) is 7.52. The number of rotatable bonds is 4. The van der Waals surface area contributed by atoms with Crippen molar-refractivity contribution in [1.82, 2.24) is 19.7 Å². The number of aromatic amines is 1. The summed E-state index contributed by atoms with van der Waals surface area (Å²) in [6.07, 6.45) is 1.49. The van der Waals surface area contributed by atoms with Crippen LogP contribution < -0.4 is 16.0 Å². The summed E-state index contributed by atoms with van der Waals surface area (Å²) < 4.78 is 7.28. The van der Waals surface area contributed by atoms with Crippen molar-refractivity contribution in [2.24, 2.45) is 5.73 Å². The number of nitrogens with one attached hydrogen (secondary N) is 1. The minimum atomic E-state index is -0.305. The third-order valence-electron chi connectivity index (χ3n) is 3.79. The molecule has 0 aliphatic rings. The summed E-state index contributed by atoms with van der Waals surface area (Å²) in [6.45, 7) is 0.456. The summed E-state index contributed by atoms with van der Waals surface area (Å²) in [5, 5.41) is 4.66. The Morgan fingerprint density at radius 1 is 1.08 bits per heavy atom. The van der Waals surface area contributed by atoms with Gasteiger partial charge in [0.25, 0.3) is 5.56 Å². The molecule has 0 aliphatic carbocycles. The Balaban J connectivity index is 1.76. The van der Waals surface area contributed by atoms with Crippen LogP contribution in [-0.4, -0.2) is 19.7 Å². The van der Waals surface area contributed by atoms with Gasteiger partial charge in [-0.05, 0) is 29.8 Å². The summed E-state index contributed by atoms with van der Waals surface area (Å²) in [5.74, 6) is 0.561. The fourth-order valence-corrected chi connectivity index (χ4v) is 2.51. The van der Waals surface area contributed by atoms with Gasteiger partial charge in [-0.1, -0.05) is 30.3 Å². The molecule has 7 nitrogen and oxygen atoms in total. The number of aromatic nitrogens is 4. The van der Waals surface area contributed by atoms with Crippen molar-refractivity contribution in [3.05, 3.63) is 76.7 Å². The van der Waals surface area contributed by atoms with E-state index < -0.39 is 0 Å². The van der Waals surface area contributed by atoms with Crippen LogP contribution in [0.1, 0.15) is 5.56 Å². The second kappa shape index (κ2) is 6.21.